The SMILES string of the molecule is Cc1cc([N+](=O)[O-])c(C)c(S(=O)(=O)N2CCC[C@@H](C(=O)O)[C@H]2C)c1. The fraction of sp³-hybridized carbons (Fsp3) is 0.533. The largest absolute Gasteiger partial charge is 0.481 e. The number of hydrogen-bond acceptors (Lipinski definition) is 5. The molecule has 1 aromatic carbocycles. The van der Waals surface area contributed by atoms with Gasteiger partial charge in [0.25, 0.3) is 5.69 Å². The van der Waals surface area contributed by atoms with E-state index in [0.29, 0.717) is 18.4 Å². The van der Waals surface area contributed by atoms with Crippen LogP contribution in [0, 0.1) is 29.9 Å². The van der Waals surface area contributed by atoms with Gasteiger partial charge in [0.1, 0.15) is 0 Å². The number of nitro groups is 1. The van der Waals surface area contributed by atoms with Crippen LogP contribution in [-0.2, 0) is 14.8 Å². The predicted molar refractivity (Wildman–Crippen MR) is 86.3 cm³/mol. The average molecular weight is 356 g/mol. The summed E-state index contributed by atoms with van der Waals surface area (Å²) < 4.78 is 27.2. The highest BCUT2D eigenvalue weighted by atomic mass is 32.2. The average Bonchev–Trinajstić information content (AvgIpc) is 2.48. The number of sulfonamides is 1. The van der Waals surface area contributed by atoms with E-state index in [4.69, 9.17) is 0 Å². The standard InChI is InChI=1S/C15H20N2O6S/c1-9-7-13(17(20)21)10(2)14(8-9)24(22,23)16-6-4-5-12(11(16)3)15(18)19/h7-8,11-12H,4-6H2,1-3H3,(H,18,19)/t11-,12-/m1/s1. The summed E-state index contributed by atoms with van der Waals surface area (Å²) in [5, 5.41) is 20.4. The number of carboxylic acids is 1. The van der Waals surface area contributed by atoms with Crippen LogP contribution in [-0.4, -0.2) is 41.3 Å². The molecule has 0 aliphatic carbocycles. The van der Waals surface area contributed by atoms with Crippen molar-refractivity contribution in [2.75, 3.05) is 6.54 Å². The van der Waals surface area contributed by atoms with Gasteiger partial charge in [-0.2, -0.15) is 4.31 Å². The molecule has 1 aliphatic rings. The summed E-state index contributed by atoms with van der Waals surface area (Å²) >= 11 is 0. The van der Waals surface area contributed by atoms with E-state index in [0.717, 1.165) is 4.31 Å². The maximum Gasteiger partial charge on any atom is 0.308 e. The van der Waals surface area contributed by atoms with E-state index in [2.05, 4.69) is 0 Å². The van der Waals surface area contributed by atoms with Crippen LogP contribution in [0.5, 0.6) is 0 Å². The lowest BCUT2D eigenvalue weighted by Gasteiger charge is -2.36. The zero-order valence-corrected chi connectivity index (χ0v) is 14.5. The maximum absolute atomic E-state index is 13.0. The highest BCUT2D eigenvalue weighted by molar-refractivity contribution is 7.89. The first-order chi connectivity index (χ1) is 11.1. The Morgan fingerprint density at radius 3 is 2.54 bits per heavy atom. The Bertz CT molecular complexity index is 789. The van der Waals surface area contributed by atoms with Gasteiger partial charge in [-0.1, -0.05) is 0 Å². The first kappa shape index (κ1) is 18.3. The Labute approximate surface area is 140 Å². The number of aryl methyl sites for hydroxylation is 1. The molecule has 24 heavy (non-hydrogen) atoms. The van der Waals surface area contributed by atoms with Crippen molar-refractivity contribution in [2.24, 2.45) is 5.92 Å². The summed E-state index contributed by atoms with van der Waals surface area (Å²) in [6, 6.07) is 2.02. The number of piperidine rings is 1. The molecule has 2 rings (SSSR count). The van der Waals surface area contributed by atoms with Gasteiger partial charge in [-0.25, -0.2) is 8.42 Å². The van der Waals surface area contributed by atoms with Crippen LogP contribution in [0.2, 0.25) is 0 Å². The van der Waals surface area contributed by atoms with Crippen molar-refractivity contribution in [1.82, 2.24) is 4.31 Å². The molecule has 9 heteroatoms. The summed E-state index contributed by atoms with van der Waals surface area (Å²) in [5.74, 6) is -1.82. The molecule has 8 nitrogen and oxygen atoms in total. The summed E-state index contributed by atoms with van der Waals surface area (Å²) in [6.45, 7) is 4.75. The van der Waals surface area contributed by atoms with E-state index in [1.807, 2.05) is 0 Å². The van der Waals surface area contributed by atoms with Gasteiger partial charge in [0.15, 0.2) is 0 Å². The van der Waals surface area contributed by atoms with Gasteiger partial charge in [0, 0.05) is 24.2 Å². The number of rotatable bonds is 4. The molecule has 0 saturated carbocycles. The number of carbonyl (C=O) groups is 1. The minimum atomic E-state index is -4.02. The minimum absolute atomic E-state index is 0.0650. The molecule has 1 heterocycles. The third kappa shape index (κ3) is 3.13. The van der Waals surface area contributed by atoms with E-state index >= 15 is 0 Å². The summed E-state index contributed by atoms with van der Waals surface area (Å²) in [4.78, 5) is 21.7. The van der Waals surface area contributed by atoms with E-state index in [9.17, 15) is 28.4 Å². The normalized spacial score (nSPS) is 22.3. The molecule has 1 aliphatic heterocycles. The monoisotopic (exact) mass is 356 g/mol. The highest BCUT2D eigenvalue weighted by Gasteiger charge is 2.40. The van der Waals surface area contributed by atoms with Gasteiger partial charge >= 0.3 is 5.97 Å². The van der Waals surface area contributed by atoms with Crippen molar-refractivity contribution in [3.05, 3.63) is 33.4 Å². The number of aliphatic carboxylic acids is 1. The molecule has 1 aromatic rings. The Morgan fingerprint density at radius 1 is 1.38 bits per heavy atom. The number of hydrogen-bond donors (Lipinski definition) is 1. The number of nitro benzene ring substituents is 1. The van der Waals surface area contributed by atoms with E-state index < -0.39 is 32.9 Å². The second-order valence-corrected chi connectivity index (χ2v) is 7.97. The van der Waals surface area contributed by atoms with Crippen LogP contribution < -0.4 is 0 Å². The Kier molecular flexibility index (Phi) is 4.95. The third-order valence-corrected chi connectivity index (χ3v) is 6.62. The molecule has 1 N–H and O–H groups in total. The third-order valence-electron chi connectivity index (χ3n) is 4.51. The lowest BCUT2D eigenvalue weighted by molar-refractivity contribution is -0.385. The minimum Gasteiger partial charge on any atom is -0.481 e. The van der Waals surface area contributed by atoms with Gasteiger partial charge in [0.2, 0.25) is 10.0 Å². The van der Waals surface area contributed by atoms with Gasteiger partial charge < -0.3 is 5.11 Å². The van der Waals surface area contributed by atoms with Gasteiger partial charge in [-0.15, -0.1) is 0 Å². The van der Waals surface area contributed by atoms with Crippen molar-refractivity contribution >= 4 is 21.7 Å². The molecule has 1 saturated heterocycles. The summed E-state index contributed by atoms with van der Waals surface area (Å²) in [6.07, 6.45) is 0.850. The molecule has 1 fully saturated rings. The van der Waals surface area contributed by atoms with Crippen LogP contribution in [0.15, 0.2) is 17.0 Å². The van der Waals surface area contributed by atoms with Gasteiger partial charge in [-0.05, 0) is 45.2 Å². The molecule has 0 aromatic heterocycles. The second-order valence-electron chi connectivity index (χ2n) is 6.11. The predicted octanol–water partition coefficient (Wildman–Crippen LogP) is 2.09. The molecule has 2 atom stereocenters. The summed E-state index contributed by atoms with van der Waals surface area (Å²) in [5.41, 5.74) is 0.272. The quantitative estimate of drug-likeness (QED) is 0.652. The molecular formula is C15H20N2O6S. The van der Waals surface area contributed by atoms with Gasteiger partial charge in [-0.3, -0.25) is 14.9 Å². The Hall–Kier alpha value is -2.00. The van der Waals surface area contributed by atoms with Crippen molar-refractivity contribution in [1.29, 1.82) is 0 Å². The fourth-order valence-corrected chi connectivity index (χ4v) is 5.21. The van der Waals surface area contributed by atoms with E-state index in [-0.39, 0.29) is 22.7 Å². The molecule has 0 unspecified atom stereocenters. The molecule has 0 spiro atoms. The smallest absolute Gasteiger partial charge is 0.308 e. The lowest BCUT2D eigenvalue weighted by atomic mass is 9.92. The topological polar surface area (TPSA) is 118 Å². The van der Waals surface area contributed by atoms with E-state index in [1.54, 1.807) is 13.8 Å². The van der Waals surface area contributed by atoms with Crippen LogP contribution in [0.1, 0.15) is 30.9 Å². The molecular weight excluding hydrogens is 336 g/mol. The zero-order chi connectivity index (χ0) is 18.2. The lowest BCUT2D eigenvalue weighted by Crippen LogP contribution is -2.49. The Balaban J connectivity index is 2.55. The molecule has 0 radical (unpaired) electrons. The maximum atomic E-state index is 13.0. The van der Waals surface area contributed by atoms with Crippen molar-refractivity contribution in [3.8, 4) is 0 Å². The zero-order valence-electron chi connectivity index (χ0n) is 13.7. The van der Waals surface area contributed by atoms with E-state index in [1.165, 1.54) is 19.1 Å². The highest BCUT2D eigenvalue weighted by Crippen LogP contribution is 2.33. The van der Waals surface area contributed by atoms with Crippen molar-refractivity contribution in [3.63, 3.8) is 0 Å². The van der Waals surface area contributed by atoms with Crippen LogP contribution in [0.25, 0.3) is 0 Å². The number of nitrogens with zero attached hydrogens (tertiary/aromatic N) is 2. The van der Waals surface area contributed by atoms with Crippen LogP contribution in [0.4, 0.5) is 5.69 Å². The molecule has 132 valence electrons. The van der Waals surface area contributed by atoms with Crippen molar-refractivity contribution in [2.45, 2.75) is 44.6 Å². The second kappa shape index (κ2) is 6.48. The number of benzene rings is 1. The van der Waals surface area contributed by atoms with Crippen LogP contribution in [0.3, 0.4) is 0 Å². The van der Waals surface area contributed by atoms with Crippen molar-refractivity contribution < 1.29 is 23.2 Å². The van der Waals surface area contributed by atoms with Gasteiger partial charge in [0.05, 0.1) is 15.7 Å². The summed E-state index contributed by atoms with van der Waals surface area (Å²) in [7, 11) is -4.02. The first-order valence-corrected chi connectivity index (χ1v) is 9.01. The molecule has 0 amide bonds. The number of carboxylic acid groups (broad SMARTS) is 1. The molecule has 0 bridgehead atoms. The van der Waals surface area contributed by atoms with Crippen LogP contribution >= 0.6 is 0 Å². The fourth-order valence-electron chi connectivity index (χ4n) is 3.17. The first-order valence-electron chi connectivity index (χ1n) is 7.57. The Morgan fingerprint density at radius 2 is 2.00 bits per heavy atom.